The van der Waals surface area contributed by atoms with Crippen molar-refractivity contribution in [3.8, 4) is 0 Å². The van der Waals surface area contributed by atoms with Crippen LogP contribution in [-0.2, 0) is 16.0 Å². The van der Waals surface area contributed by atoms with E-state index >= 15 is 0 Å². The molecule has 1 amide bonds. The van der Waals surface area contributed by atoms with Crippen LogP contribution in [0.3, 0.4) is 0 Å². The van der Waals surface area contributed by atoms with Crippen molar-refractivity contribution in [2.45, 2.75) is 43.9 Å². The highest BCUT2D eigenvalue weighted by atomic mass is 32.2. The van der Waals surface area contributed by atoms with Crippen molar-refractivity contribution >= 4 is 23.6 Å². The van der Waals surface area contributed by atoms with E-state index in [1.165, 1.54) is 5.56 Å². The highest BCUT2D eigenvalue weighted by Gasteiger charge is 2.30. The molecule has 0 radical (unpaired) electrons. The normalized spacial score (nSPS) is 17.9. The van der Waals surface area contributed by atoms with Crippen LogP contribution in [0.1, 0.15) is 43.1 Å². The van der Waals surface area contributed by atoms with E-state index in [-0.39, 0.29) is 17.6 Å². The molecule has 21 heavy (non-hydrogen) atoms. The van der Waals surface area contributed by atoms with Gasteiger partial charge in [0.2, 0.25) is 5.91 Å². The van der Waals surface area contributed by atoms with E-state index in [0.29, 0.717) is 6.42 Å². The maximum Gasteiger partial charge on any atom is 0.303 e. The summed E-state index contributed by atoms with van der Waals surface area (Å²) in [5.41, 5.74) is 1.81. The van der Waals surface area contributed by atoms with E-state index in [0.717, 1.165) is 17.7 Å². The highest BCUT2D eigenvalue weighted by Crippen LogP contribution is 2.37. The molecule has 1 aromatic rings. The van der Waals surface area contributed by atoms with Gasteiger partial charge in [-0.25, -0.2) is 0 Å². The summed E-state index contributed by atoms with van der Waals surface area (Å²) in [4.78, 5) is 23.2. The van der Waals surface area contributed by atoms with Gasteiger partial charge in [-0.2, -0.15) is 0 Å². The maximum absolute atomic E-state index is 12.5. The molecule has 0 aliphatic carbocycles. The van der Waals surface area contributed by atoms with Crippen LogP contribution < -0.4 is 5.32 Å². The fraction of sp³-hybridized carbons (Fsp3) is 0.500. The number of thioether (sulfide) groups is 1. The lowest BCUT2D eigenvalue weighted by molar-refractivity contribution is -0.137. The Morgan fingerprint density at radius 2 is 2.10 bits per heavy atom. The second kappa shape index (κ2) is 6.52. The predicted octanol–water partition coefficient (Wildman–Crippen LogP) is 2.78. The highest BCUT2D eigenvalue weighted by molar-refractivity contribution is 8.00. The Morgan fingerprint density at radius 1 is 1.38 bits per heavy atom. The molecule has 0 spiro atoms. The number of aryl methyl sites for hydroxylation is 1. The minimum absolute atomic E-state index is 0.0254. The van der Waals surface area contributed by atoms with E-state index in [2.05, 4.69) is 11.4 Å². The second-order valence-electron chi connectivity index (χ2n) is 5.97. The molecule has 1 unspecified atom stereocenters. The summed E-state index contributed by atoms with van der Waals surface area (Å²) in [6, 6.07) is 8.04. The van der Waals surface area contributed by atoms with E-state index in [1.54, 1.807) is 11.8 Å². The van der Waals surface area contributed by atoms with Crippen molar-refractivity contribution in [2.75, 3.05) is 5.75 Å². The van der Waals surface area contributed by atoms with E-state index in [9.17, 15) is 9.59 Å². The zero-order chi connectivity index (χ0) is 15.5. The first kappa shape index (κ1) is 15.9. The number of fused-ring (bicyclic) bond motifs is 1. The molecule has 0 saturated heterocycles. The Balaban J connectivity index is 2.06. The molecule has 0 aromatic heterocycles. The third-order valence-corrected chi connectivity index (χ3v) is 4.90. The molecule has 0 bridgehead atoms. The summed E-state index contributed by atoms with van der Waals surface area (Å²) in [5.74, 6) is 0.0715. The Hall–Kier alpha value is -1.49. The van der Waals surface area contributed by atoms with Crippen molar-refractivity contribution in [1.82, 2.24) is 5.32 Å². The molecule has 0 saturated carbocycles. The predicted molar refractivity (Wildman–Crippen MR) is 84.4 cm³/mol. The molecule has 114 valence electrons. The molecular formula is C16H21NO3S. The third kappa shape index (κ3) is 4.24. The SMILES string of the molecule is CC(C)(CCC(=O)O)NC(=O)C1SCCc2ccccc21. The summed E-state index contributed by atoms with van der Waals surface area (Å²) < 4.78 is 0. The number of carbonyl (C=O) groups excluding carboxylic acids is 1. The third-order valence-electron chi connectivity index (χ3n) is 3.66. The van der Waals surface area contributed by atoms with Gasteiger partial charge in [-0.05, 0) is 43.6 Å². The summed E-state index contributed by atoms with van der Waals surface area (Å²) in [6.07, 6.45) is 1.47. The maximum atomic E-state index is 12.5. The van der Waals surface area contributed by atoms with Crippen molar-refractivity contribution in [3.63, 3.8) is 0 Å². The smallest absolute Gasteiger partial charge is 0.303 e. The average Bonchev–Trinajstić information content (AvgIpc) is 2.44. The van der Waals surface area contributed by atoms with Gasteiger partial charge in [0, 0.05) is 12.0 Å². The number of rotatable bonds is 5. The summed E-state index contributed by atoms with van der Waals surface area (Å²) in [7, 11) is 0. The van der Waals surface area contributed by atoms with Gasteiger partial charge >= 0.3 is 5.97 Å². The zero-order valence-electron chi connectivity index (χ0n) is 12.4. The van der Waals surface area contributed by atoms with Gasteiger partial charge in [0.25, 0.3) is 0 Å². The number of carboxylic acid groups (broad SMARTS) is 1. The van der Waals surface area contributed by atoms with Crippen molar-refractivity contribution in [2.24, 2.45) is 0 Å². The second-order valence-corrected chi connectivity index (χ2v) is 7.18. The Morgan fingerprint density at radius 3 is 2.81 bits per heavy atom. The quantitative estimate of drug-likeness (QED) is 0.878. The van der Waals surface area contributed by atoms with Crippen LogP contribution in [0, 0.1) is 0 Å². The molecule has 2 N–H and O–H groups in total. The Bertz CT molecular complexity index is 542. The fourth-order valence-electron chi connectivity index (χ4n) is 2.49. The van der Waals surface area contributed by atoms with Gasteiger partial charge in [0.15, 0.2) is 0 Å². The van der Waals surface area contributed by atoms with Crippen LogP contribution in [0.15, 0.2) is 24.3 Å². The lowest BCUT2D eigenvalue weighted by atomic mass is 9.96. The molecule has 5 heteroatoms. The van der Waals surface area contributed by atoms with E-state index in [1.807, 2.05) is 32.0 Å². The first-order chi connectivity index (χ1) is 9.89. The molecule has 1 aliphatic rings. The van der Waals surface area contributed by atoms with Crippen LogP contribution in [0.25, 0.3) is 0 Å². The van der Waals surface area contributed by atoms with Crippen molar-refractivity contribution in [3.05, 3.63) is 35.4 Å². The standard InChI is InChI=1S/C16H21NO3S/c1-16(2,9-7-13(18)19)17-15(20)14-12-6-4-3-5-11(12)8-10-21-14/h3-6,14H,7-10H2,1-2H3,(H,17,20)(H,18,19). The molecule has 4 nitrogen and oxygen atoms in total. The topological polar surface area (TPSA) is 66.4 Å². The van der Waals surface area contributed by atoms with Gasteiger partial charge in [0.1, 0.15) is 5.25 Å². The lowest BCUT2D eigenvalue weighted by Crippen LogP contribution is -2.45. The summed E-state index contributed by atoms with van der Waals surface area (Å²) in [5, 5.41) is 11.6. The zero-order valence-corrected chi connectivity index (χ0v) is 13.2. The van der Waals surface area contributed by atoms with Crippen LogP contribution in [0.4, 0.5) is 0 Å². The first-order valence-electron chi connectivity index (χ1n) is 7.12. The number of carbonyl (C=O) groups is 2. The number of nitrogens with one attached hydrogen (secondary N) is 1. The van der Waals surface area contributed by atoms with Gasteiger partial charge in [-0.1, -0.05) is 24.3 Å². The van der Waals surface area contributed by atoms with E-state index in [4.69, 9.17) is 5.11 Å². The lowest BCUT2D eigenvalue weighted by Gasteiger charge is -2.30. The number of amides is 1. The Labute approximate surface area is 129 Å². The molecule has 2 rings (SSSR count). The fourth-order valence-corrected chi connectivity index (χ4v) is 3.69. The number of benzene rings is 1. The van der Waals surface area contributed by atoms with Gasteiger partial charge in [-0.3, -0.25) is 9.59 Å². The average molecular weight is 307 g/mol. The van der Waals surface area contributed by atoms with Crippen molar-refractivity contribution in [1.29, 1.82) is 0 Å². The monoisotopic (exact) mass is 307 g/mol. The van der Waals surface area contributed by atoms with Crippen LogP contribution in [0.5, 0.6) is 0 Å². The number of aliphatic carboxylic acids is 1. The number of hydrogen-bond acceptors (Lipinski definition) is 3. The molecule has 1 heterocycles. The van der Waals surface area contributed by atoms with Crippen LogP contribution >= 0.6 is 11.8 Å². The van der Waals surface area contributed by atoms with Gasteiger partial charge in [-0.15, -0.1) is 11.8 Å². The van der Waals surface area contributed by atoms with Crippen molar-refractivity contribution < 1.29 is 14.7 Å². The molecule has 1 aromatic carbocycles. The van der Waals surface area contributed by atoms with E-state index < -0.39 is 11.5 Å². The molecular weight excluding hydrogens is 286 g/mol. The summed E-state index contributed by atoms with van der Waals surface area (Å²) >= 11 is 1.65. The Kier molecular flexibility index (Phi) is 4.93. The minimum Gasteiger partial charge on any atom is -0.481 e. The molecule has 0 fully saturated rings. The molecule has 1 atom stereocenters. The first-order valence-corrected chi connectivity index (χ1v) is 8.17. The minimum atomic E-state index is -0.838. The summed E-state index contributed by atoms with van der Waals surface area (Å²) in [6.45, 7) is 3.74. The van der Waals surface area contributed by atoms with Gasteiger partial charge in [0.05, 0.1) is 0 Å². The molecule has 1 aliphatic heterocycles. The number of hydrogen-bond donors (Lipinski definition) is 2. The van der Waals surface area contributed by atoms with Gasteiger partial charge < -0.3 is 10.4 Å². The van der Waals surface area contributed by atoms with Crippen LogP contribution in [0.2, 0.25) is 0 Å². The van der Waals surface area contributed by atoms with Crippen LogP contribution in [-0.4, -0.2) is 28.3 Å². The largest absolute Gasteiger partial charge is 0.481 e. The number of carboxylic acids is 1.